The second kappa shape index (κ2) is 6.94. The number of nitrogens with one attached hydrogen (secondary N) is 1. The van der Waals surface area contributed by atoms with Gasteiger partial charge in [-0.1, -0.05) is 56.3 Å². The van der Waals surface area contributed by atoms with Gasteiger partial charge in [-0.15, -0.1) is 0 Å². The lowest BCUT2D eigenvalue weighted by Gasteiger charge is -2.12. The van der Waals surface area contributed by atoms with Crippen LogP contribution in [0.1, 0.15) is 50.8 Å². The zero-order valence-corrected chi connectivity index (χ0v) is 12.0. The van der Waals surface area contributed by atoms with Gasteiger partial charge in [-0.3, -0.25) is 5.84 Å². The van der Waals surface area contributed by atoms with Crippen molar-refractivity contribution < 1.29 is 4.42 Å². The summed E-state index contributed by atoms with van der Waals surface area (Å²) < 4.78 is 5.83. The Hall–Kier alpha value is -1.03. The third kappa shape index (κ3) is 3.50. The molecule has 0 aliphatic rings. The van der Waals surface area contributed by atoms with E-state index in [1.54, 1.807) is 0 Å². The normalized spacial score (nSPS) is 13.0. The van der Waals surface area contributed by atoms with Crippen molar-refractivity contribution in [1.82, 2.24) is 5.43 Å². The zero-order valence-electron chi connectivity index (χ0n) is 11.3. The summed E-state index contributed by atoms with van der Waals surface area (Å²) in [7, 11) is 0. The van der Waals surface area contributed by atoms with Gasteiger partial charge < -0.3 is 4.42 Å². The highest BCUT2D eigenvalue weighted by atomic mass is 35.5. The van der Waals surface area contributed by atoms with Crippen molar-refractivity contribution in [2.45, 2.75) is 45.1 Å². The number of fused-ring (bicyclic) bond motifs is 1. The summed E-state index contributed by atoms with van der Waals surface area (Å²) in [6.45, 7) is 2.21. The lowest BCUT2D eigenvalue weighted by Crippen LogP contribution is -2.27. The van der Waals surface area contributed by atoms with E-state index in [1.807, 2.05) is 24.3 Å². The third-order valence-corrected chi connectivity index (χ3v) is 3.70. The molecule has 0 bridgehead atoms. The molecule has 0 fully saturated rings. The van der Waals surface area contributed by atoms with Gasteiger partial charge in [0.05, 0.1) is 11.1 Å². The van der Waals surface area contributed by atoms with Crippen molar-refractivity contribution in [2.24, 2.45) is 5.84 Å². The smallest absolute Gasteiger partial charge is 0.152 e. The number of hydrazine groups is 1. The fourth-order valence-electron chi connectivity index (χ4n) is 2.30. The van der Waals surface area contributed by atoms with Crippen LogP contribution in [-0.4, -0.2) is 0 Å². The van der Waals surface area contributed by atoms with Gasteiger partial charge in [0, 0.05) is 5.39 Å². The first-order valence-electron chi connectivity index (χ1n) is 6.90. The Labute approximate surface area is 119 Å². The Morgan fingerprint density at radius 2 is 2.16 bits per heavy atom. The van der Waals surface area contributed by atoms with E-state index in [2.05, 4.69) is 12.3 Å². The number of furan rings is 1. The monoisotopic (exact) mass is 280 g/mol. The van der Waals surface area contributed by atoms with E-state index in [0.29, 0.717) is 5.02 Å². The van der Waals surface area contributed by atoms with Crippen LogP contribution in [0.15, 0.2) is 28.7 Å². The van der Waals surface area contributed by atoms with E-state index >= 15 is 0 Å². The van der Waals surface area contributed by atoms with E-state index in [9.17, 15) is 0 Å². The molecular formula is C15H21ClN2O. The van der Waals surface area contributed by atoms with Crippen molar-refractivity contribution in [3.8, 4) is 0 Å². The summed E-state index contributed by atoms with van der Waals surface area (Å²) in [5.74, 6) is 6.50. The molecule has 1 heterocycles. The molecule has 1 atom stereocenters. The molecular weight excluding hydrogens is 260 g/mol. The molecule has 4 heteroatoms. The van der Waals surface area contributed by atoms with Gasteiger partial charge in [0.2, 0.25) is 0 Å². The standard InChI is InChI=1S/C15H21ClN2O/c1-2-3-4-5-9-13(18-17)14-10-11-7-6-8-12(16)15(11)19-14/h6-8,10,13,18H,2-5,9,17H2,1H3. The molecule has 2 aromatic rings. The van der Waals surface area contributed by atoms with Crippen LogP contribution >= 0.6 is 11.6 Å². The molecule has 1 aromatic heterocycles. The van der Waals surface area contributed by atoms with Gasteiger partial charge in [0.1, 0.15) is 5.76 Å². The molecule has 1 aromatic carbocycles. The third-order valence-electron chi connectivity index (χ3n) is 3.41. The molecule has 19 heavy (non-hydrogen) atoms. The van der Waals surface area contributed by atoms with Crippen LogP contribution in [0.4, 0.5) is 0 Å². The predicted molar refractivity (Wildman–Crippen MR) is 80.0 cm³/mol. The molecule has 0 radical (unpaired) electrons. The highest BCUT2D eigenvalue weighted by Crippen LogP contribution is 2.30. The summed E-state index contributed by atoms with van der Waals surface area (Å²) in [4.78, 5) is 0. The van der Waals surface area contributed by atoms with Crippen LogP contribution in [0.3, 0.4) is 0 Å². The molecule has 0 saturated carbocycles. The molecule has 3 nitrogen and oxygen atoms in total. The van der Waals surface area contributed by atoms with Crippen LogP contribution in [0.25, 0.3) is 11.0 Å². The van der Waals surface area contributed by atoms with Gasteiger partial charge >= 0.3 is 0 Å². The molecule has 0 aliphatic carbocycles. The number of hydrogen-bond donors (Lipinski definition) is 2. The lowest BCUT2D eigenvalue weighted by atomic mass is 10.1. The minimum Gasteiger partial charge on any atom is -0.458 e. The molecule has 1 unspecified atom stereocenters. The van der Waals surface area contributed by atoms with Crippen LogP contribution in [0.5, 0.6) is 0 Å². The number of hydrogen-bond acceptors (Lipinski definition) is 3. The highest BCUT2D eigenvalue weighted by molar-refractivity contribution is 6.34. The van der Waals surface area contributed by atoms with E-state index in [1.165, 1.54) is 19.3 Å². The summed E-state index contributed by atoms with van der Waals surface area (Å²) in [6, 6.07) is 7.84. The van der Waals surface area contributed by atoms with Crippen molar-refractivity contribution in [3.05, 3.63) is 35.0 Å². The lowest BCUT2D eigenvalue weighted by molar-refractivity contribution is 0.403. The van der Waals surface area contributed by atoms with Crippen LogP contribution in [-0.2, 0) is 0 Å². The van der Waals surface area contributed by atoms with Crippen LogP contribution < -0.4 is 11.3 Å². The number of benzene rings is 1. The SMILES string of the molecule is CCCCCCC(NN)c1cc2cccc(Cl)c2o1. The largest absolute Gasteiger partial charge is 0.458 e. The Kier molecular flexibility index (Phi) is 5.25. The molecule has 0 amide bonds. The number of unbranched alkanes of at least 4 members (excludes halogenated alkanes) is 3. The number of nitrogens with two attached hydrogens (primary N) is 1. The van der Waals surface area contributed by atoms with Gasteiger partial charge in [0.25, 0.3) is 0 Å². The fraction of sp³-hybridized carbons (Fsp3) is 0.467. The van der Waals surface area contributed by atoms with E-state index in [4.69, 9.17) is 21.9 Å². The van der Waals surface area contributed by atoms with E-state index in [0.717, 1.165) is 29.6 Å². The molecule has 0 saturated heterocycles. The van der Waals surface area contributed by atoms with E-state index < -0.39 is 0 Å². The van der Waals surface area contributed by atoms with Crippen molar-refractivity contribution in [2.75, 3.05) is 0 Å². The Bertz CT molecular complexity index is 524. The second-order valence-corrected chi connectivity index (χ2v) is 5.28. The van der Waals surface area contributed by atoms with Crippen molar-refractivity contribution in [3.63, 3.8) is 0 Å². The fourth-order valence-corrected chi connectivity index (χ4v) is 2.52. The van der Waals surface area contributed by atoms with Crippen LogP contribution in [0, 0.1) is 0 Å². The van der Waals surface area contributed by atoms with E-state index in [-0.39, 0.29) is 6.04 Å². The maximum atomic E-state index is 6.12. The summed E-state index contributed by atoms with van der Waals surface area (Å²) in [5, 5.41) is 1.67. The number of halogens is 1. The first-order valence-corrected chi connectivity index (χ1v) is 7.28. The summed E-state index contributed by atoms with van der Waals surface area (Å²) in [5.41, 5.74) is 3.58. The summed E-state index contributed by atoms with van der Waals surface area (Å²) in [6.07, 6.45) is 5.86. The first kappa shape index (κ1) is 14.4. The Morgan fingerprint density at radius 1 is 1.32 bits per heavy atom. The molecule has 0 spiro atoms. The zero-order chi connectivity index (χ0) is 13.7. The highest BCUT2D eigenvalue weighted by Gasteiger charge is 2.15. The second-order valence-electron chi connectivity index (χ2n) is 4.88. The predicted octanol–water partition coefficient (Wildman–Crippen LogP) is 4.56. The minimum atomic E-state index is 0.0559. The quantitative estimate of drug-likeness (QED) is 0.444. The maximum Gasteiger partial charge on any atom is 0.152 e. The topological polar surface area (TPSA) is 51.2 Å². The van der Waals surface area contributed by atoms with Gasteiger partial charge in [-0.05, 0) is 18.6 Å². The maximum absolute atomic E-state index is 6.12. The van der Waals surface area contributed by atoms with Crippen molar-refractivity contribution in [1.29, 1.82) is 0 Å². The minimum absolute atomic E-state index is 0.0559. The first-order chi connectivity index (χ1) is 9.26. The Morgan fingerprint density at radius 3 is 2.84 bits per heavy atom. The number of rotatable bonds is 7. The van der Waals surface area contributed by atoms with Gasteiger partial charge in [-0.2, -0.15) is 0 Å². The van der Waals surface area contributed by atoms with Crippen LogP contribution in [0.2, 0.25) is 5.02 Å². The number of para-hydroxylation sites is 1. The molecule has 2 rings (SSSR count). The average molecular weight is 281 g/mol. The molecule has 104 valence electrons. The van der Waals surface area contributed by atoms with Gasteiger partial charge in [-0.25, -0.2) is 5.43 Å². The molecule has 3 N–H and O–H groups in total. The average Bonchev–Trinajstić information content (AvgIpc) is 2.84. The molecule has 0 aliphatic heterocycles. The van der Waals surface area contributed by atoms with Crippen molar-refractivity contribution >= 4 is 22.6 Å². The van der Waals surface area contributed by atoms with Gasteiger partial charge in [0.15, 0.2) is 5.58 Å². The Balaban J connectivity index is 2.10. The summed E-state index contributed by atoms with van der Waals surface area (Å²) >= 11 is 6.12.